The first kappa shape index (κ1) is 22.2. The third-order valence-electron chi connectivity index (χ3n) is 4.64. The monoisotopic (exact) mass is 423 g/mol. The Kier molecular flexibility index (Phi) is 7.47. The fraction of sp³-hybridized carbons (Fsp3) is 0.333. The van der Waals surface area contributed by atoms with Crippen molar-refractivity contribution in [3.05, 3.63) is 58.1 Å². The number of likely N-dealkylation sites (N-methyl/N-ethyl adjacent to an activating group) is 1. The SMILES string of the molecule is CC(=O)Oc1cc2c(c(Cl)c1OC(C)=O)CCN(C)CC2c1ccccc1.Cl. The zero-order chi connectivity index (χ0) is 19.6. The summed E-state index contributed by atoms with van der Waals surface area (Å²) in [6.07, 6.45) is 0.711. The van der Waals surface area contributed by atoms with Crippen LogP contribution in [0.2, 0.25) is 5.02 Å². The lowest BCUT2D eigenvalue weighted by Crippen LogP contribution is -2.24. The molecule has 1 atom stereocenters. The van der Waals surface area contributed by atoms with Crippen molar-refractivity contribution in [2.75, 3.05) is 20.1 Å². The second-order valence-corrected chi connectivity index (χ2v) is 7.13. The molecule has 5 nitrogen and oxygen atoms in total. The molecule has 1 aliphatic heterocycles. The molecular formula is C21H23Cl2NO4. The molecule has 0 bridgehead atoms. The standard InChI is InChI=1S/C21H22ClNO4.ClH/c1-13(24)26-19-11-17-16(20(22)21(19)27-14(2)25)9-10-23(3)12-18(17)15-7-5-4-6-8-15;/h4-8,11,18H,9-10,12H2,1-3H3;1H. The van der Waals surface area contributed by atoms with Crippen molar-refractivity contribution in [3.63, 3.8) is 0 Å². The lowest BCUT2D eigenvalue weighted by molar-refractivity contribution is -0.134. The van der Waals surface area contributed by atoms with E-state index in [0.29, 0.717) is 11.4 Å². The predicted octanol–water partition coefficient (Wildman–Crippen LogP) is 4.23. The molecule has 0 spiro atoms. The summed E-state index contributed by atoms with van der Waals surface area (Å²) in [6, 6.07) is 11.9. The van der Waals surface area contributed by atoms with E-state index in [1.54, 1.807) is 6.07 Å². The molecule has 1 aliphatic rings. The van der Waals surface area contributed by atoms with Gasteiger partial charge < -0.3 is 14.4 Å². The lowest BCUT2D eigenvalue weighted by Gasteiger charge is -2.23. The smallest absolute Gasteiger partial charge is 0.308 e. The van der Waals surface area contributed by atoms with Gasteiger partial charge in [-0.15, -0.1) is 12.4 Å². The topological polar surface area (TPSA) is 55.8 Å². The van der Waals surface area contributed by atoms with Crippen molar-refractivity contribution in [2.24, 2.45) is 0 Å². The van der Waals surface area contributed by atoms with Crippen LogP contribution < -0.4 is 9.47 Å². The second-order valence-electron chi connectivity index (χ2n) is 6.75. The largest absolute Gasteiger partial charge is 0.423 e. The predicted molar refractivity (Wildman–Crippen MR) is 111 cm³/mol. The number of carbonyl (C=O) groups is 2. The van der Waals surface area contributed by atoms with E-state index in [9.17, 15) is 9.59 Å². The molecule has 0 aliphatic carbocycles. The van der Waals surface area contributed by atoms with Gasteiger partial charge in [0.1, 0.15) is 0 Å². The van der Waals surface area contributed by atoms with E-state index in [1.165, 1.54) is 13.8 Å². The third-order valence-corrected chi connectivity index (χ3v) is 5.04. The lowest BCUT2D eigenvalue weighted by atomic mass is 9.87. The number of hydrogen-bond donors (Lipinski definition) is 0. The number of carbonyl (C=O) groups excluding carboxylic acids is 2. The normalized spacial score (nSPS) is 16.4. The van der Waals surface area contributed by atoms with Crippen molar-refractivity contribution in [1.29, 1.82) is 0 Å². The summed E-state index contributed by atoms with van der Waals surface area (Å²) >= 11 is 6.65. The Hall–Kier alpha value is -2.08. The van der Waals surface area contributed by atoms with Gasteiger partial charge in [-0.1, -0.05) is 41.9 Å². The highest BCUT2D eigenvalue weighted by Gasteiger charge is 2.29. The molecular weight excluding hydrogens is 401 g/mol. The molecule has 0 saturated carbocycles. The van der Waals surface area contributed by atoms with E-state index >= 15 is 0 Å². The Labute approximate surface area is 176 Å². The van der Waals surface area contributed by atoms with Crippen LogP contribution in [0.4, 0.5) is 0 Å². The van der Waals surface area contributed by atoms with E-state index in [2.05, 4.69) is 24.1 Å². The molecule has 0 amide bonds. The number of esters is 2. The Bertz CT molecular complexity index is 870. The summed E-state index contributed by atoms with van der Waals surface area (Å²) in [6.45, 7) is 4.22. The minimum absolute atomic E-state index is 0. The van der Waals surface area contributed by atoms with Crippen molar-refractivity contribution in [3.8, 4) is 11.5 Å². The number of nitrogens with zero attached hydrogens (tertiary/aromatic N) is 1. The summed E-state index contributed by atoms with van der Waals surface area (Å²) in [5.74, 6) is -0.676. The Morgan fingerprint density at radius 3 is 2.36 bits per heavy atom. The van der Waals surface area contributed by atoms with Gasteiger partial charge in [0.25, 0.3) is 0 Å². The van der Waals surface area contributed by atoms with Crippen LogP contribution in [0.1, 0.15) is 36.5 Å². The average Bonchev–Trinajstić information content (AvgIpc) is 2.78. The van der Waals surface area contributed by atoms with Crippen LogP contribution in [-0.4, -0.2) is 37.0 Å². The highest BCUT2D eigenvalue weighted by atomic mass is 35.5. The molecule has 0 N–H and O–H groups in total. The summed E-state index contributed by atoms with van der Waals surface area (Å²) < 4.78 is 10.6. The first-order valence-electron chi connectivity index (χ1n) is 8.82. The summed E-state index contributed by atoms with van der Waals surface area (Å²) in [5.41, 5.74) is 3.06. The fourth-order valence-corrected chi connectivity index (χ4v) is 3.81. The highest BCUT2D eigenvalue weighted by Crippen LogP contribution is 2.45. The van der Waals surface area contributed by atoms with Crippen LogP contribution in [0.25, 0.3) is 0 Å². The Morgan fingerprint density at radius 1 is 1.11 bits per heavy atom. The number of hydrogen-bond acceptors (Lipinski definition) is 5. The van der Waals surface area contributed by atoms with Gasteiger partial charge >= 0.3 is 11.9 Å². The van der Waals surface area contributed by atoms with E-state index in [4.69, 9.17) is 21.1 Å². The summed E-state index contributed by atoms with van der Waals surface area (Å²) in [7, 11) is 2.07. The molecule has 3 rings (SSSR count). The van der Waals surface area contributed by atoms with Crippen LogP contribution in [-0.2, 0) is 16.0 Å². The van der Waals surface area contributed by atoms with Gasteiger partial charge in [0.05, 0.1) is 5.02 Å². The Balaban J connectivity index is 0.00000280. The molecule has 2 aromatic carbocycles. The maximum atomic E-state index is 11.6. The molecule has 1 heterocycles. The number of fused-ring (bicyclic) bond motifs is 1. The third kappa shape index (κ3) is 4.85. The molecule has 150 valence electrons. The maximum Gasteiger partial charge on any atom is 0.308 e. The average molecular weight is 424 g/mol. The number of halogens is 2. The maximum absolute atomic E-state index is 11.6. The molecule has 0 aromatic heterocycles. The number of rotatable bonds is 3. The molecule has 0 fully saturated rings. The van der Waals surface area contributed by atoms with E-state index in [1.807, 2.05) is 18.2 Å². The Morgan fingerprint density at radius 2 is 1.75 bits per heavy atom. The van der Waals surface area contributed by atoms with Gasteiger partial charge in [-0.25, -0.2) is 0 Å². The molecule has 0 saturated heterocycles. The first-order chi connectivity index (χ1) is 12.9. The van der Waals surface area contributed by atoms with E-state index in [0.717, 1.165) is 29.8 Å². The van der Waals surface area contributed by atoms with Crippen molar-refractivity contribution in [2.45, 2.75) is 26.2 Å². The molecule has 7 heteroatoms. The number of ether oxygens (including phenoxy) is 2. The van der Waals surface area contributed by atoms with Crippen LogP contribution in [0.3, 0.4) is 0 Å². The van der Waals surface area contributed by atoms with Gasteiger partial charge in [0.2, 0.25) is 0 Å². The number of benzene rings is 2. The first-order valence-corrected chi connectivity index (χ1v) is 9.20. The van der Waals surface area contributed by atoms with Crippen molar-refractivity contribution < 1.29 is 19.1 Å². The van der Waals surface area contributed by atoms with Crippen LogP contribution >= 0.6 is 24.0 Å². The zero-order valence-electron chi connectivity index (χ0n) is 16.0. The molecule has 2 aromatic rings. The highest BCUT2D eigenvalue weighted by molar-refractivity contribution is 6.33. The van der Waals surface area contributed by atoms with E-state index < -0.39 is 11.9 Å². The van der Waals surface area contributed by atoms with Crippen LogP contribution in [0, 0.1) is 0 Å². The van der Waals surface area contributed by atoms with Gasteiger partial charge in [-0.3, -0.25) is 9.59 Å². The summed E-state index contributed by atoms with van der Waals surface area (Å²) in [5, 5.41) is 0.329. The molecule has 1 unspecified atom stereocenters. The second kappa shape index (κ2) is 9.41. The van der Waals surface area contributed by atoms with Gasteiger partial charge in [0, 0.05) is 32.9 Å². The quantitative estimate of drug-likeness (QED) is 0.545. The molecule has 0 radical (unpaired) electrons. The van der Waals surface area contributed by atoms with Crippen LogP contribution in [0.15, 0.2) is 36.4 Å². The van der Waals surface area contributed by atoms with Gasteiger partial charge in [-0.2, -0.15) is 0 Å². The van der Waals surface area contributed by atoms with Crippen molar-refractivity contribution >= 4 is 35.9 Å². The minimum Gasteiger partial charge on any atom is -0.423 e. The molecule has 28 heavy (non-hydrogen) atoms. The van der Waals surface area contributed by atoms with Gasteiger partial charge in [0.15, 0.2) is 11.5 Å². The van der Waals surface area contributed by atoms with E-state index in [-0.39, 0.29) is 29.8 Å². The van der Waals surface area contributed by atoms with Crippen LogP contribution in [0.5, 0.6) is 11.5 Å². The minimum atomic E-state index is -0.518. The van der Waals surface area contributed by atoms with Crippen molar-refractivity contribution in [1.82, 2.24) is 4.90 Å². The summed E-state index contributed by atoms with van der Waals surface area (Å²) in [4.78, 5) is 25.4. The van der Waals surface area contributed by atoms with Gasteiger partial charge in [-0.05, 0) is 36.2 Å². The fourth-order valence-electron chi connectivity index (χ4n) is 3.47. The zero-order valence-corrected chi connectivity index (χ0v) is 17.6.